The lowest BCUT2D eigenvalue weighted by Crippen LogP contribution is -2.74. The van der Waals surface area contributed by atoms with Gasteiger partial charge in [0, 0.05) is 0 Å². The molecule has 0 heterocycles. The van der Waals surface area contributed by atoms with Gasteiger partial charge in [-0.1, -0.05) is 0 Å². The molecule has 0 saturated carbocycles. The van der Waals surface area contributed by atoms with Gasteiger partial charge in [0.05, 0.1) is 13.1 Å². The molecule has 0 rings (SSSR count). The Morgan fingerprint density at radius 3 is 2.56 bits per heavy atom. The summed E-state index contributed by atoms with van der Waals surface area (Å²) in [5.74, 6) is 0. The Bertz CT molecular complexity index is 91.1. The largest absolute Gasteiger partial charge is 0.303 e. The Labute approximate surface area is 61.1 Å². The summed E-state index contributed by atoms with van der Waals surface area (Å²) in [4.78, 5) is 3.20. The number of hydrogen-bond donors (Lipinski definition) is 2. The first-order valence-corrected chi connectivity index (χ1v) is 4.46. The molecular formula is C6H15N2S+. The minimum atomic E-state index is 0.989. The summed E-state index contributed by atoms with van der Waals surface area (Å²) < 4.78 is 0. The van der Waals surface area contributed by atoms with Crippen molar-refractivity contribution >= 4 is 16.9 Å². The molecule has 54 valence electrons. The molecule has 0 aliphatic carbocycles. The molecule has 0 saturated heterocycles. The highest BCUT2D eigenvalue weighted by molar-refractivity contribution is 8.12. The summed E-state index contributed by atoms with van der Waals surface area (Å²) in [7, 11) is 0. The molecule has 2 N–H and O–H groups in total. The quantitative estimate of drug-likeness (QED) is 0.403. The van der Waals surface area contributed by atoms with Gasteiger partial charge < -0.3 is 0 Å². The van der Waals surface area contributed by atoms with Gasteiger partial charge in [-0.2, -0.15) is 0 Å². The second kappa shape index (κ2) is 5.95. The molecule has 0 spiro atoms. The van der Waals surface area contributed by atoms with Crippen molar-refractivity contribution in [2.24, 2.45) is 0 Å². The monoisotopic (exact) mass is 147 g/mol. The molecular weight excluding hydrogens is 132 g/mol. The Kier molecular flexibility index (Phi) is 5.83. The van der Waals surface area contributed by atoms with Gasteiger partial charge in [0.15, 0.2) is 0 Å². The van der Waals surface area contributed by atoms with Crippen molar-refractivity contribution in [2.75, 3.05) is 19.3 Å². The maximum atomic E-state index is 3.20. The van der Waals surface area contributed by atoms with Crippen molar-refractivity contribution in [3.8, 4) is 0 Å². The highest BCUT2D eigenvalue weighted by Gasteiger charge is 1.97. The Balaban J connectivity index is 3.53. The lowest BCUT2D eigenvalue weighted by molar-refractivity contribution is -0.451. The minimum Gasteiger partial charge on any atom is -0.269 e. The summed E-state index contributed by atoms with van der Waals surface area (Å²) >= 11 is 1.71. The second-order valence-electron chi connectivity index (χ2n) is 1.59. The van der Waals surface area contributed by atoms with Crippen LogP contribution in [0, 0.1) is 0 Å². The van der Waals surface area contributed by atoms with Crippen molar-refractivity contribution in [3.05, 3.63) is 0 Å². The van der Waals surface area contributed by atoms with Crippen LogP contribution < -0.4 is 10.3 Å². The van der Waals surface area contributed by atoms with E-state index in [-0.39, 0.29) is 0 Å². The minimum absolute atomic E-state index is 0.989. The normalized spacial score (nSPS) is 11.7. The van der Waals surface area contributed by atoms with E-state index in [2.05, 4.69) is 30.4 Å². The van der Waals surface area contributed by atoms with Crippen molar-refractivity contribution < 1.29 is 4.99 Å². The van der Waals surface area contributed by atoms with Gasteiger partial charge in [0.25, 0.3) is 0 Å². The topological polar surface area (TPSA) is 26.0 Å². The van der Waals surface area contributed by atoms with Crippen LogP contribution in [-0.2, 0) is 0 Å². The highest BCUT2D eigenvalue weighted by atomic mass is 32.2. The average molecular weight is 147 g/mol. The van der Waals surface area contributed by atoms with E-state index >= 15 is 0 Å². The van der Waals surface area contributed by atoms with Crippen molar-refractivity contribution in [1.29, 1.82) is 0 Å². The lowest BCUT2D eigenvalue weighted by atomic mass is 10.7. The second-order valence-corrected chi connectivity index (χ2v) is 2.41. The summed E-state index contributed by atoms with van der Waals surface area (Å²) in [6.45, 7) is 6.16. The van der Waals surface area contributed by atoms with Crippen molar-refractivity contribution in [1.82, 2.24) is 5.32 Å². The molecule has 0 radical (unpaired) electrons. The smallest absolute Gasteiger partial charge is 0.269 e. The van der Waals surface area contributed by atoms with Gasteiger partial charge in [0.1, 0.15) is 0 Å². The molecule has 0 fully saturated rings. The van der Waals surface area contributed by atoms with E-state index in [1.54, 1.807) is 11.8 Å². The van der Waals surface area contributed by atoms with Crippen LogP contribution in [0.25, 0.3) is 0 Å². The van der Waals surface area contributed by atoms with E-state index in [9.17, 15) is 0 Å². The SMILES string of the molecule is CCNC(=[NH+]CC)SC. The Hall–Kier alpha value is -0.180. The number of hydrogen-bond acceptors (Lipinski definition) is 1. The molecule has 0 amide bonds. The van der Waals surface area contributed by atoms with Crippen LogP contribution in [-0.4, -0.2) is 24.5 Å². The molecule has 9 heavy (non-hydrogen) atoms. The highest BCUT2D eigenvalue weighted by Crippen LogP contribution is 1.84. The Morgan fingerprint density at radius 1 is 1.56 bits per heavy atom. The lowest BCUT2D eigenvalue weighted by Gasteiger charge is -1.93. The number of rotatable bonds is 2. The summed E-state index contributed by atoms with van der Waals surface area (Å²) in [5, 5.41) is 4.37. The van der Waals surface area contributed by atoms with Crippen LogP contribution in [0.2, 0.25) is 0 Å². The third-order valence-corrected chi connectivity index (χ3v) is 1.58. The van der Waals surface area contributed by atoms with Gasteiger partial charge in [-0.15, -0.1) is 0 Å². The molecule has 0 aliphatic rings. The third-order valence-electron chi connectivity index (χ3n) is 0.879. The first kappa shape index (κ1) is 8.82. The molecule has 0 aromatic rings. The van der Waals surface area contributed by atoms with E-state index < -0.39 is 0 Å². The van der Waals surface area contributed by atoms with E-state index in [0.717, 1.165) is 13.1 Å². The summed E-state index contributed by atoms with van der Waals surface area (Å²) in [6, 6.07) is 0. The van der Waals surface area contributed by atoms with E-state index in [4.69, 9.17) is 0 Å². The van der Waals surface area contributed by atoms with Crippen molar-refractivity contribution in [2.45, 2.75) is 13.8 Å². The zero-order valence-electron chi connectivity index (χ0n) is 6.32. The van der Waals surface area contributed by atoms with Crippen LogP contribution in [0.1, 0.15) is 13.8 Å². The fraction of sp³-hybridized carbons (Fsp3) is 0.833. The van der Waals surface area contributed by atoms with E-state index in [1.165, 1.54) is 5.17 Å². The van der Waals surface area contributed by atoms with Crippen LogP contribution in [0.4, 0.5) is 0 Å². The van der Waals surface area contributed by atoms with E-state index in [1.807, 2.05) is 0 Å². The van der Waals surface area contributed by atoms with Crippen LogP contribution in [0.15, 0.2) is 0 Å². The van der Waals surface area contributed by atoms with Crippen molar-refractivity contribution in [3.63, 3.8) is 0 Å². The third kappa shape index (κ3) is 4.33. The predicted octanol–water partition coefficient (Wildman–Crippen LogP) is -0.585. The van der Waals surface area contributed by atoms with Gasteiger partial charge in [-0.25, -0.2) is 0 Å². The van der Waals surface area contributed by atoms with Gasteiger partial charge in [-0.3, -0.25) is 10.3 Å². The summed E-state index contributed by atoms with van der Waals surface area (Å²) in [6.07, 6.45) is 2.06. The fourth-order valence-corrected chi connectivity index (χ4v) is 1.11. The fourth-order valence-electron chi connectivity index (χ4n) is 0.528. The van der Waals surface area contributed by atoms with Crippen LogP contribution >= 0.6 is 11.8 Å². The maximum Gasteiger partial charge on any atom is 0.303 e. The molecule has 0 unspecified atom stereocenters. The number of nitrogens with one attached hydrogen (secondary N) is 2. The number of amidine groups is 1. The zero-order valence-corrected chi connectivity index (χ0v) is 7.14. The molecule has 0 bridgehead atoms. The molecule has 0 aromatic carbocycles. The Morgan fingerprint density at radius 2 is 2.22 bits per heavy atom. The standard InChI is InChI=1S/C6H14N2S/c1-4-7-6(9-3)8-5-2/h4-5H2,1-3H3,(H,7,8)/p+1. The van der Waals surface area contributed by atoms with Gasteiger partial charge in [-0.05, 0) is 31.9 Å². The molecule has 0 aromatic heterocycles. The molecule has 0 atom stereocenters. The van der Waals surface area contributed by atoms with Crippen LogP contribution in [0.5, 0.6) is 0 Å². The molecule has 2 nitrogen and oxygen atoms in total. The van der Waals surface area contributed by atoms with Gasteiger partial charge in [0.2, 0.25) is 0 Å². The maximum absolute atomic E-state index is 3.20. The zero-order chi connectivity index (χ0) is 7.11. The van der Waals surface area contributed by atoms with E-state index in [0.29, 0.717) is 0 Å². The first-order chi connectivity index (χ1) is 4.35. The van der Waals surface area contributed by atoms with Crippen LogP contribution in [0.3, 0.4) is 0 Å². The average Bonchev–Trinajstić information content (AvgIpc) is 1.88. The first-order valence-electron chi connectivity index (χ1n) is 3.23. The molecule has 3 heteroatoms. The molecule has 0 aliphatic heterocycles. The predicted molar refractivity (Wildman–Crippen MR) is 43.7 cm³/mol. The summed E-state index contributed by atoms with van der Waals surface area (Å²) in [5.41, 5.74) is 0. The number of thioether (sulfide) groups is 1. The van der Waals surface area contributed by atoms with Gasteiger partial charge >= 0.3 is 5.17 Å².